The van der Waals surface area contributed by atoms with E-state index in [0.29, 0.717) is 28.3 Å². The van der Waals surface area contributed by atoms with Gasteiger partial charge in [-0.05, 0) is 36.4 Å². The highest BCUT2D eigenvalue weighted by atomic mass is 16.5. The molecule has 7 heteroatoms. The molecule has 2 N–H and O–H groups in total. The molecule has 0 bridgehead atoms. The number of hydrazone groups is 1. The Morgan fingerprint density at radius 2 is 1.76 bits per heavy atom. The molecule has 0 atom stereocenters. The van der Waals surface area contributed by atoms with Crippen molar-refractivity contribution in [3.05, 3.63) is 53.6 Å². The van der Waals surface area contributed by atoms with Crippen molar-refractivity contribution in [1.29, 1.82) is 0 Å². The number of nitrogens with one attached hydrogen (secondary N) is 2. The lowest BCUT2D eigenvalue weighted by Gasteiger charge is -2.07. The van der Waals surface area contributed by atoms with Gasteiger partial charge in [0.1, 0.15) is 11.5 Å². The molecule has 0 aliphatic heterocycles. The molecule has 0 aliphatic rings. The second-order valence-electron chi connectivity index (χ2n) is 5.07. The molecule has 0 aromatic heterocycles. The van der Waals surface area contributed by atoms with Gasteiger partial charge in [-0.3, -0.25) is 9.59 Å². The largest absolute Gasteiger partial charge is 0.497 e. The van der Waals surface area contributed by atoms with Gasteiger partial charge < -0.3 is 14.8 Å². The van der Waals surface area contributed by atoms with Gasteiger partial charge in [0.2, 0.25) is 5.91 Å². The number of amides is 2. The first-order valence-corrected chi connectivity index (χ1v) is 7.46. The number of carbonyl (C=O) groups is 2. The van der Waals surface area contributed by atoms with Gasteiger partial charge >= 0.3 is 0 Å². The minimum atomic E-state index is -0.363. The van der Waals surface area contributed by atoms with Crippen LogP contribution in [-0.2, 0) is 4.79 Å². The van der Waals surface area contributed by atoms with Crippen molar-refractivity contribution >= 4 is 23.7 Å². The SMILES string of the molecule is COc1ccc(/C=N/NC(=O)c2ccc(NC(C)=O)cc2)c(OC)c1. The Morgan fingerprint density at radius 1 is 1.04 bits per heavy atom. The fourth-order valence-corrected chi connectivity index (χ4v) is 2.06. The number of anilines is 1. The maximum atomic E-state index is 12.1. The van der Waals surface area contributed by atoms with Crippen LogP contribution in [0.2, 0.25) is 0 Å². The van der Waals surface area contributed by atoms with Crippen LogP contribution in [-0.4, -0.2) is 32.2 Å². The highest BCUT2D eigenvalue weighted by Gasteiger charge is 2.06. The number of ether oxygens (including phenoxy) is 2. The van der Waals surface area contributed by atoms with Crippen molar-refractivity contribution < 1.29 is 19.1 Å². The van der Waals surface area contributed by atoms with Crippen LogP contribution in [0.15, 0.2) is 47.6 Å². The molecule has 0 radical (unpaired) electrons. The molecular formula is C18H19N3O4. The minimum absolute atomic E-state index is 0.171. The molecule has 0 heterocycles. The fourth-order valence-electron chi connectivity index (χ4n) is 2.06. The highest BCUT2D eigenvalue weighted by molar-refractivity contribution is 5.96. The number of rotatable bonds is 6. The van der Waals surface area contributed by atoms with Crippen LogP contribution >= 0.6 is 0 Å². The second kappa shape index (κ2) is 8.49. The third-order valence-electron chi connectivity index (χ3n) is 3.28. The van der Waals surface area contributed by atoms with Gasteiger partial charge in [-0.15, -0.1) is 0 Å². The molecule has 25 heavy (non-hydrogen) atoms. The molecule has 2 rings (SSSR count). The van der Waals surface area contributed by atoms with Crippen molar-refractivity contribution in [2.45, 2.75) is 6.92 Å². The van der Waals surface area contributed by atoms with Gasteiger partial charge in [-0.1, -0.05) is 0 Å². The Morgan fingerprint density at radius 3 is 2.36 bits per heavy atom. The summed E-state index contributed by atoms with van der Waals surface area (Å²) in [5.74, 6) is 0.711. The number of nitrogens with zero attached hydrogens (tertiary/aromatic N) is 1. The maximum Gasteiger partial charge on any atom is 0.271 e. The van der Waals surface area contributed by atoms with Crippen LogP contribution in [0.4, 0.5) is 5.69 Å². The first-order chi connectivity index (χ1) is 12.0. The molecular weight excluding hydrogens is 322 g/mol. The molecule has 2 aromatic rings. The van der Waals surface area contributed by atoms with E-state index < -0.39 is 0 Å². The highest BCUT2D eigenvalue weighted by Crippen LogP contribution is 2.23. The van der Waals surface area contributed by atoms with Crippen LogP contribution in [0.5, 0.6) is 11.5 Å². The molecule has 0 saturated heterocycles. The lowest BCUT2D eigenvalue weighted by molar-refractivity contribution is -0.114. The quantitative estimate of drug-likeness (QED) is 0.624. The summed E-state index contributed by atoms with van der Waals surface area (Å²) < 4.78 is 10.4. The van der Waals surface area contributed by atoms with Crippen LogP contribution in [0.3, 0.4) is 0 Å². The predicted molar refractivity (Wildman–Crippen MR) is 95.4 cm³/mol. The van der Waals surface area contributed by atoms with Crippen LogP contribution in [0, 0.1) is 0 Å². The third-order valence-corrected chi connectivity index (χ3v) is 3.28. The van der Waals surface area contributed by atoms with E-state index in [1.165, 1.54) is 13.1 Å². The number of methoxy groups -OCH3 is 2. The summed E-state index contributed by atoms with van der Waals surface area (Å²) in [6.45, 7) is 1.42. The molecule has 0 aliphatic carbocycles. The van der Waals surface area contributed by atoms with Crippen molar-refractivity contribution in [3.63, 3.8) is 0 Å². The van der Waals surface area contributed by atoms with E-state index in [0.717, 1.165) is 0 Å². The number of benzene rings is 2. The summed E-state index contributed by atoms with van der Waals surface area (Å²) >= 11 is 0. The lowest BCUT2D eigenvalue weighted by atomic mass is 10.2. The zero-order valence-corrected chi connectivity index (χ0v) is 14.2. The monoisotopic (exact) mass is 341 g/mol. The molecule has 0 saturated carbocycles. The second-order valence-corrected chi connectivity index (χ2v) is 5.07. The van der Waals surface area contributed by atoms with Gasteiger partial charge in [0, 0.05) is 29.8 Å². The first-order valence-electron chi connectivity index (χ1n) is 7.46. The summed E-state index contributed by atoms with van der Waals surface area (Å²) in [6, 6.07) is 11.8. The lowest BCUT2D eigenvalue weighted by Crippen LogP contribution is -2.17. The van der Waals surface area contributed by atoms with Gasteiger partial charge in [-0.2, -0.15) is 5.10 Å². The van der Waals surface area contributed by atoms with Crippen molar-refractivity contribution in [1.82, 2.24) is 5.43 Å². The Hall–Kier alpha value is -3.35. The molecule has 130 valence electrons. The summed E-state index contributed by atoms with van der Waals surface area (Å²) in [7, 11) is 3.11. The Balaban J connectivity index is 2.01. The third kappa shape index (κ3) is 5.07. The first kappa shape index (κ1) is 18.0. The Kier molecular flexibility index (Phi) is 6.11. The van der Waals surface area contributed by atoms with E-state index in [2.05, 4.69) is 15.8 Å². The van der Waals surface area contributed by atoms with Crippen molar-refractivity contribution in [2.24, 2.45) is 5.10 Å². The number of carbonyl (C=O) groups excluding carboxylic acids is 2. The molecule has 0 unspecified atom stereocenters. The smallest absolute Gasteiger partial charge is 0.271 e. The minimum Gasteiger partial charge on any atom is -0.497 e. The van der Waals surface area contributed by atoms with E-state index in [-0.39, 0.29) is 11.8 Å². The van der Waals surface area contributed by atoms with Crippen LogP contribution < -0.4 is 20.2 Å². The van der Waals surface area contributed by atoms with Crippen molar-refractivity contribution in [2.75, 3.05) is 19.5 Å². The molecule has 7 nitrogen and oxygen atoms in total. The Labute approximate surface area is 145 Å². The summed E-state index contributed by atoms with van der Waals surface area (Å²) in [5.41, 5.74) is 4.19. The average Bonchev–Trinajstić information content (AvgIpc) is 2.61. The molecule has 2 aromatic carbocycles. The van der Waals surface area contributed by atoms with E-state index in [1.54, 1.807) is 56.7 Å². The zero-order valence-electron chi connectivity index (χ0n) is 14.2. The zero-order chi connectivity index (χ0) is 18.2. The van der Waals surface area contributed by atoms with Gasteiger partial charge in [0.25, 0.3) is 5.91 Å². The fraction of sp³-hybridized carbons (Fsp3) is 0.167. The van der Waals surface area contributed by atoms with E-state index in [1.807, 2.05) is 0 Å². The average molecular weight is 341 g/mol. The van der Waals surface area contributed by atoms with Crippen LogP contribution in [0.1, 0.15) is 22.8 Å². The topological polar surface area (TPSA) is 89.0 Å². The molecule has 0 spiro atoms. The van der Waals surface area contributed by atoms with E-state index >= 15 is 0 Å². The van der Waals surface area contributed by atoms with E-state index in [4.69, 9.17) is 9.47 Å². The molecule has 0 fully saturated rings. The van der Waals surface area contributed by atoms with Gasteiger partial charge in [0.15, 0.2) is 0 Å². The van der Waals surface area contributed by atoms with Crippen LogP contribution in [0.25, 0.3) is 0 Å². The van der Waals surface area contributed by atoms with Gasteiger partial charge in [0.05, 0.1) is 20.4 Å². The summed E-state index contributed by atoms with van der Waals surface area (Å²) in [4.78, 5) is 23.0. The number of hydrogen-bond acceptors (Lipinski definition) is 5. The summed E-state index contributed by atoms with van der Waals surface area (Å²) in [5, 5.41) is 6.57. The van der Waals surface area contributed by atoms with Gasteiger partial charge in [-0.25, -0.2) is 5.43 Å². The number of hydrogen-bond donors (Lipinski definition) is 2. The normalized spacial score (nSPS) is 10.4. The maximum absolute atomic E-state index is 12.1. The Bertz CT molecular complexity index is 785. The van der Waals surface area contributed by atoms with Crippen molar-refractivity contribution in [3.8, 4) is 11.5 Å². The predicted octanol–water partition coefficient (Wildman–Crippen LogP) is 2.43. The summed E-state index contributed by atoms with van der Waals surface area (Å²) in [6.07, 6.45) is 1.49. The molecule has 2 amide bonds. The van der Waals surface area contributed by atoms with E-state index in [9.17, 15) is 9.59 Å². The standard InChI is InChI=1S/C18H19N3O4/c1-12(22)20-15-7-4-13(5-8-15)18(23)21-19-11-14-6-9-16(24-2)10-17(14)25-3/h4-11H,1-3H3,(H,20,22)(H,21,23)/b19-11+.